The Balaban J connectivity index is 1.07. The Kier molecular flexibility index (Phi) is 8.36. The van der Waals surface area contributed by atoms with Gasteiger partial charge in [0.2, 0.25) is 0 Å². The summed E-state index contributed by atoms with van der Waals surface area (Å²) in [5, 5.41) is 2.57. The van der Waals surface area contributed by atoms with E-state index in [4.69, 9.17) is 15.0 Å². The summed E-state index contributed by atoms with van der Waals surface area (Å²) in [6, 6.07) is 70.6. The molecule has 0 radical (unpaired) electrons. The molecule has 10 rings (SSSR count). The van der Waals surface area contributed by atoms with Gasteiger partial charge in [0.1, 0.15) is 0 Å². The van der Waals surface area contributed by atoms with Gasteiger partial charge in [-0.15, -0.1) is 11.3 Å². The molecule has 0 aliphatic rings. The minimum atomic E-state index is 0.643. The molecule has 0 aliphatic carbocycles. The highest BCUT2D eigenvalue weighted by Crippen LogP contribution is 2.45. The van der Waals surface area contributed by atoms with Crippen molar-refractivity contribution in [3.05, 3.63) is 200 Å². The third kappa shape index (κ3) is 6.29. The molecule has 0 saturated heterocycles. The lowest BCUT2D eigenvalue weighted by Gasteiger charge is -2.13. The minimum absolute atomic E-state index is 0.643. The van der Waals surface area contributed by atoms with Crippen LogP contribution in [0.5, 0.6) is 0 Å². The lowest BCUT2D eigenvalue weighted by molar-refractivity contribution is 1.07. The average molecular weight is 720 g/mol. The lowest BCUT2D eigenvalue weighted by Crippen LogP contribution is -2.00. The highest BCUT2D eigenvalue weighted by atomic mass is 32.1. The Morgan fingerprint density at radius 2 is 0.691 bits per heavy atom. The smallest absolute Gasteiger partial charge is 0.164 e. The standard InChI is InChI=1S/C51H33N3S/c1-4-15-34(16-5-1)37-21-12-25-41(31-37)44-30-29-43(47-45-27-10-11-28-46(45)55-48(44)47)40-24-13-22-38(32-40)39-23-14-26-42(33-39)51-53-49(35-17-6-2-7-18-35)52-50(54-51)36-19-8-3-9-20-36/h1-33H. The number of benzene rings is 8. The molecule has 0 spiro atoms. The summed E-state index contributed by atoms with van der Waals surface area (Å²) >= 11 is 1.87. The fraction of sp³-hybridized carbons (Fsp3) is 0. The van der Waals surface area contributed by atoms with Crippen molar-refractivity contribution >= 4 is 31.5 Å². The van der Waals surface area contributed by atoms with E-state index in [9.17, 15) is 0 Å². The summed E-state index contributed by atoms with van der Waals surface area (Å²) in [6.07, 6.45) is 0. The number of thiophene rings is 1. The summed E-state index contributed by atoms with van der Waals surface area (Å²) in [6.45, 7) is 0. The second-order valence-corrected chi connectivity index (χ2v) is 14.7. The molecule has 4 heteroatoms. The summed E-state index contributed by atoms with van der Waals surface area (Å²) in [4.78, 5) is 14.9. The molecule has 55 heavy (non-hydrogen) atoms. The van der Waals surface area contributed by atoms with Crippen molar-refractivity contribution in [3.8, 4) is 78.7 Å². The molecule has 2 aromatic heterocycles. The number of aromatic nitrogens is 3. The number of nitrogens with zero attached hydrogens (tertiary/aromatic N) is 3. The van der Waals surface area contributed by atoms with E-state index >= 15 is 0 Å². The Hall–Kier alpha value is -7.01. The predicted molar refractivity (Wildman–Crippen MR) is 231 cm³/mol. The van der Waals surface area contributed by atoms with E-state index in [-0.39, 0.29) is 0 Å². The summed E-state index contributed by atoms with van der Waals surface area (Å²) < 4.78 is 2.59. The third-order valence-electron chi connectivity index (χ3n) is 10.1. The van der Waals surface area contributed by atoms with Gasteiger partial charge in [0.05, 0.1) is 0 Å². The summed E-state index contributed by atoms with van der Waals surface area (Å²) in [5.41, 5.74) is 12.4. The maximum absolute atomic E-state index is 4.99. The molecule has 258 valence electrons. The first kappa shape index (κ1) is 32.6. The molecule has 3 nitrogen and oxygen atoms in total. The van der Waals surface area contributed by atoms with Crippen LogP contribution in [-0.4, -0.2) is 15.0 Å². The number of hydrogen-bond donors (Lipinski definition) is 0. The van der Waals surface area contributed by atoms with Crippen LogP contribution in [0.1, 0.15) is 0 Å². The van der Waals surface area contributed by atoms with Gasteiger partial charge in [0.15, 0.2) is 17.5 Å². The molecule has 0 fully saturated rings. The van der Waals surface area contributed by atoms with Crippen molar-refractivity contribution in [3.63, 3.8) is 0 Å². The predicted octanol–water partition coefficient (Wildman–Crippen LogP) is 13.9. The van der Waals surface area contributed by atoms with Gasteiger partial charge >= 0.3 is 0 Å². The van der Waals surface area contributed by atoms with Gasteiger partial charge in [-0.05, 0) is 68.8 Å². The highest BCUT2D eigenvalue weighted by molar-refractivity contribution is 7.26. The first-order chi connectivity index (χ1) is 27.2. The highest BCUT2D eigenvalue weighted by Gasteiger charge is 2.17. The van der Waals surface area contributed by atoms with Crippen molar-refractivity contribution < 1.29 is 0 Å². The third-order valence-corrected chi connectivity index (χ3v) is 11.3. The van der Waals surface area contributed by atoms with Crippen LogP contribution < -0.4 is 0 Å². The van der Waals surface area contributed by atoms with E-state index in [1.807, 2.05) is 72.0 Å². The van der Waals surface area contributed by atoms with Crippen LogP contribution in [-0.2, 0) is 0 Å². The van der Waals surface area contributed by atoms with Crippen LogP contribution in [0, 0.1) is 0 Å². The number of hydrogen-bond acceptors (Lipinski definition) is 4. The topological polar surface area (TPSA) is 38.7 Å². The second-order valence-electron chi connectivity index (χ2n) is 13.6. The van der Waals surface area contributed by atoms with Gasteiger partial charge in [-0.25, -0.2) is 15.0 Å². The minimum Gasteiger partial charge on any atom is -0.208 e. The van der Waals surface area contributed by atoms with Gasteiger partial charge in [-0.2, -0.15) is 0 Å². The number of rotatable bonds is 7. The molecule has 8 aromatic carbocycles. The zero-order chi connectivity index (χ0) is 36.6. The molecule has 0 N–H and O–H groups in total. The fourth-order valence-corrected chi connectivity index (χ4v) is 8.70. The molecular formula is C51H33N3S. The van der Waals surface area contributed by atoms with Crippen LogP contribution in [0.4, 0.5) is 0 Å². The monoisotopic (exact) mass is 719 g/mol. The molecule has 0 amide bonds. The molecule has 0 atom stereocenters. The van der Waals surface area contributed by atoms with Gasteiger partial charge < -0.3 is 0 Å². The normalized spacial score (nSPS) is 11.3. The summed E-state index contributed by atoms with van der Waals surface area (Å²) in [5.74, 6) is 1.95. The van der Waals surface area contributed by atoms with Gasteiger partial charge in [-0.3, -0.25) is 0 Å². The lowest BCUT2D eigenvalue weighted by atomic mass is 9.92. The molecule has 2 heterocycles. The average Bonchev–Trinajstić information content (AvgIpc) is 3.67. The zero-order valence-electron chi connectivity index (χ0n) is 29.8. The van der Waals surface area contributed by atoms with Gasteiger partial charge in [-0.1, -0.05) is 176 Å². The molecule has 0 aliphatic heterocycles. The van der Waals surface area contributed by atoms with Crippen molar-refractivity contribution in [2.75, 3.05) is 0 Å². The van der Waals surface area contributed by atoms with E-state index < -0.39 is 0 Å². The van der Waals surface area contributed by atoms with Crippen molar-refractivity contribution in [1.82, 2.24) is 15.0 Å². The van der Waals surface area contributed by atoms with Crippen LogP contribution in [0.15, 0.2) is 200 Å². The van der Waals surface area contributed by atoms with Crippen molar-refractivity contribution in [1.29, 1.82) is 0 Å². The van der Waals surface area contributed by atoms with Crippen LogP contribution in [0.3, 0.4) is 0 Å². The van der Waals surface area contributed by atoms with Crippen LogP contribution in [0.25, 0.3) is 98.8 Å². The Morgan fingerprint density at radius 1 is 0.291 bits per heavy atom. The molecular weight excluding hydrogens is 687 g/mol. The van der Waals surface area contributed by atoms with Gasteiger partial charge in [0, 0.05) is 36.9 Å². The van der Waals surface area contributed by atoms with Crippen molar-refractivity contribution in [2.24, 2.45) is 0 Å². The first-order valence-corrected chi connectivity index (χ1v) is 19.3. The van der Waals surface area contributed by atoms with E-state index in [0.717, 1.165) is 27.8 Å². The Bertz CT molecular complexity index is 2910. The second kappa shape index (κ2) is 14.1. The molecule has 0 bridgehead atoms. The fourth-order valence-electron chi connectivity index (χ4n) is 7.43. The Labute approximate surface area is 323 Å². The zero-order valence-corrected chi connectivity index (χ0v) is 30.6. The SMILES string of the molecule is c1ccc(-c2cccc(-c3ccc(-c4cccc(-c5cccc(-c6nc(-c7ccccc7)nc(-c7ccccc7)n6)c5)c4)c4c3sc3ccccc34)c2)cc1. The Morgan fingerprint density at radius 3 is 1.29 bits per heavy atom. The van der Waals surface area contributed by atoms with Crippen LogP contribution in [0.2, 0.25) is 0 Å². The van der Waals surface area contributed by atoms with Crippen LogP contribution >= 0.6 is 11.3 Å². The van der Waals surface area contributed by atoms with E-state index in [0.29, 0.717) is 17.5 Å². The summed E-state index contributed by atoms with van der Waals surface area (Å²) in [7, 11) is 0. The first-order valence-electron chi connectivity index (χ1n) is 18.4. The number of fused-ring (bicyclic) bond motifs is 3. The van der Waals surface area contributed by atoms with Gasteiger partial charge in [0.25, 0.3) is 0 Å². The van der Waals surface area contributed by atoms with E-state index in [2.05, 4.69) is 140 Å². The molecule has 10 aromatic rings. The quantitative estimate of drug-likeness (QED) is 0.165. The molecule has 0 unspecified atom stereocenters. The maximum Gasteiger partial charge on any atom is 0.164 e. The van der Waals surface area contributed by atoms with Crippen molar-refractivity contribution in [2.45, 2.75) is 0 Å². The van der Waals surface area contributed by atoms with E-state index in [1.54, 1.807) is 0 Å². The molecule has 0 saturated carbocycles. The largest absolute Gasteiger partial charge is 0.208 e. The van der Waals surface area contributed by atoms with E-state index in [1.165, 1.54) is 53.6 Å². The maximum atomic E-state index is 4.99.